The van der Waals surface area contributed by atoms with Crippen LogP contribution in [0.2, 0.25) is 0 Å². The predicted octanol–water partition coefficient (Wildman–Crippen LogP) is 2.50. The Hall–Kier alpha value is -1.04. The lowest BCUT2D eigenvalue weighted by Crippen LogP contribution is -2.41. The number of nitrogens with zero attached hydrogens (tertiary/aromatic N) is 1. The second-order valence-corrected chi connectivity index (χ2v) is 7.91. The molecule has 22 heavy (non-hydrogen) atoms. The average molecular weight is 327 g/mol. The number of carbonyl (C=O) groups excluding carboxylic acids is 2. The predicted molar refractivity (Wildman–Crippen MR) is 92.2 cm³/mol. The number of hydrogen-bond donors (Lipinski definition) is 2. The second-order valence-electron chi connectivity index (χ2n) is 6.59. The van der Waals surface area contributed by atoms with E-state index in [9.17, 15) is 9.59 Å². The van der Waals surface area contributed by atoms with Crippen LogP contribution in [-0.4, -0.2) is 46.6 Å². The highest BCUT2D eigenvalue weighted by atomic mass is 32.2. The molecule has 0 aromatic rings. The van der Waals surface area contributed by atoms with Crippen LogP contribution in [0.1, 0.15) is 47.0 Å². The van der Waals surface area contributed by atoms with Crippen LogP contribution in [-0.2, 0) is 9.59 Å². The van der Waals surface area contributed by atoms with Crippen molar-refractivity contribution in [3.63, 3.8) is 0 Å². The van der Waals surface area contributed by atoms with Crippen molar-refractivity contribution in [1.29, 1.82) is 5.41 Å². The summed E-state index contributed by atoms with van der Waals surface area (Å²) in [5.74, 6) is 2.19. The number of amides is 2. The van der Waals surface area contributed by atoms with Crippen molar-refractivity contribution in [2.45, 2.75) is 58.2 Å². The largest absolute Gasteiger partial charge is 0.371 e. The summed E-state index contributed by atoms with van der Waals surface area (Å²) in [6.45, 7) is 8.67. The van der Waals surface area contributed by atoms with Gasteiger partial charge in [-0.15, -0.1) is 11.8 Å². The Morgan fingerprint density at radius 1 is 1.32 bits per heavy atom. The van der Waals surface area contributed by atoms with E-state index in [-0.39, 0.29) is 17.1 Å². The van der Waals surface area contributed by atoms with E-state index in [4.69, 9.17) is 5.41 Å². The Balaban J connectivity index is 2.26. The van der Waals surface area contributed by atoms with Crippen LogP contribution in [0.3, 0.4) is 0 Å². The first-order chi connectivity index (χ1) is 10.2. The highest BCUT2D eigenvalue weighted by Crippen LogP contribution is 2.24. The van der Waals surface area contributed by atoms with Crippen molar-refractivity contribution in [2.24, 2.45) is 11.8 Å². The van der Waals surface area contributed by atoms with Gasteiger partial charge in [0.25, 0.3) is 0 Å². The molecule has 0 spiro atoms. The van der Waals surface area contributed by atoms with Crippen LogP contribution >= 0.6 is 11.8 Å². The maximum atomic E-state index is 11.8. The Morgan fingerprint density at radius 2 is 1.91 bits per heavy atom. The number of thioether (sulfide) groups is 1. The second kappa shape index (κ2) is 8.56. The van der Waals surface area contributed by atoms with Crippen LogP contribution in [0.15, 0.2) is 0 Å². The third-order valence-electron chi connectivity index (χ3n) is 4.01. The lowest BCUT2D eigenvalue weighted by molar-refractivity contribution is -0.136. The van der Waals surface area contributed by atoms with Crippen molar-refractivity contribution in [3.05, 3.63) is 0 Å². The van der Waals surface area contributed by atoms with E-state index in [1.54, 1.807) is 7.05 Å². The topological polar surface area (TPSA) is 73.3 Å². The zero-order valence-corrected chi connectivity index (χ0v) is 15.1. The minimum absolute atomic E-state index is 0.0807. The monoisotopic (exact) mass is 327 g/mol. The highest BCUT2D eigenvalue weighted by Gasteiger charge is 2.35. The smallest absolute Gasteiger partial charge is 0.242 e. The minimum atomic E-state index is -0.223. The van der Waals surface area contributed by atoms with Crippen molar-refractivity contribution < 1.29 is 9.59 Å². The molecule has 2 amide bonds. The van der Waals surface area contributed by atoms with Crippen LogP contribution in [0, 0.1) is 17.2 Å². The van der Waals surface area contributed by atoms with E-state index in [1.165, 1.54) is 16.7 Å². The average Bonchev–Trinajstić information content (AvgIpc) is 2.67. The number of carbonyl (C=O) groups is 2. The van der Waals surface area contributed by atoms with Crippen LogP contribution < -0.4 is 5.32 Å². The summed E-state index contributed by atoms with van der Waals surface area (Å²) in [6, 6.07) is 0.322. The Kier molecular flexibility index (Phi) is 7.39. The summed E-state index contributed by atoms with van der Waals surface area (Å²) in [5, 5.41) is 11.1. The molecule has 0 bridgehead atoms. The maximum Gasteiger partial charge on any atom is 0.242 e. The number of imide groups is 1. The first-order valence-electron chi connectivity index (χ1n) is 8.00. The molecule has 0 aliphatic carbocycles. The Labute approximate surface area is 138 Å². The molecule has 1 fully saturated rings. The lowest BCUT2D eigenvalue weighted by Gasteiger charge is -2.27. The molecule has 1 aliphatic heterocycles. The van der Waals surface area contributed by atoms with Crippen molar-refractivity contribution >= 4 is 29.4 Å². The van der Waals surface area contributed by atoms with Crippen molar-refractivity contribution in [2.75, 3.05) is 12.8 Å². The molecule has 126 valence electrons. The maximum absolute atomic E-state index is 11.8. The molecular formula is C16H29N3O2S. The fraction of sp³-hybridized carbons (Fsp3) is 0.812. The van der Waals surface area contributed by atoms with Gasteiger partial charge in [0.05, 0.1) is 11.1 Å². The molecule has 6 heteroatoms. The van der Waals surface area contributed by atoms with Crippen LogP contribution in [0.25, 0.3) is 0 Å². The van der Waals surface area contributed by atoms with Crippen LogP contribution in [0.5, 0.6) is 0 Å². The summed E-state index contributed by atoms with van der Waals surface area (Å²) in [4.78, 5) is 24.4. The summed E-state index contributed by atoms with van der Waals surface area (Å²) in [6.07, 6.45) is 1.85. The highest BCUT2D eigenvalue weighted by molar-refractivity contribution is 8.00. The summed E-state index contributed by atoms with van der Waals surface area (Å²) >= 11 is 1.54. The van der Waals surface area contributed by atoms with Gasteiger partial charge in [0.2, 0.25) is 11.8 Å². The zero-order chi connectivity index (χ0) is 16.9. The molecule has 0 saturated carbocycles. The first-order valence-corrected chi connectivity index (χ1v) is 9.04. The number of hydrogen-bond acceptors (Lipinski definition) is 4. The molecule has 1 rings (SSSR count). The van der Waals surface area contributed by atoms with Crippen molar-refractivity contribution in [1.82, 2.24) is 10.2 Å². The Bertz CT molecular complexity index is 416. The molecule has 0 aromatic carbocycles. The van der Waals surface area contributed by atoms with Gasteiger partial charge >= 0.3 is 0 Å². The molecule has 5 nitrogen and oxygen atoms in total. The number of likely N-dealkylation sites (tertiary alicyclic amines) is 1. The fourth-order valence-electron chi connectivity index (χ4n) is 2.70. The van der Waals surface area contributed by atoms with Gasteiger partial charge in [-0.25, -0.2) is 0 Å². The van der Waals surface area contributed by atoms with Gasteiger partial charge in [-0.1, -0.05) is 27.7 Å². The van der Waals surface area contributed by atoms with E-state index in [0.717, 1.165) is 12.2 Å². The molecule has 1 aliphatic rings. The third-order valence-corrected chi connectivity index (χ3v) is 5.30. The minimum Gasteiger partial charge on any atom is -0.371 e. The molecule has 2 N–H and O–H groups in total. The van der Waals surface area contributed by atoms with Gasteiger partial charge in [-0.3, -0.25) is 19.9 Å². The molecular weight excluding hydrogens is 298 g/mol. The molecule has 0 radical (unpaired) electrons. The number of rotatable bonds is 8. The van der Waals surface area contributed by atoms with Gasteiger partial charge < -0.3 is 5.32 Å². The van der Waals surface area contributed by atoms with Gasteiger partial charge in [0.1, 0.15) is 0 Å². The standard InChI is InChI=1S/C16H29N3O2S/c1-10(2)15(11(3)4)18-13(17)7-6-8-22-12-9-14(20)19(5)16(12)21/h10-12,15H,6-9H2,1-5H3,(H2,17,18). The zero-order valence-electron chi connectivity index (χ0n) is 14.3. The SMILES string of the molecule is CC(C)C(NC(=N)CCCSC1CC(=O)N(C)C1=O)C(C)C. The molecule has 1 unspecified atom stereocenters. The lowest BCUT2D eigenvalue weighted by atomic mass is 9.93. The third kappa shape index (κ3) is 5.30. The summed E-state index contributed by atoms with van der Waals surface area (Å²) in [5.41, 5.74) is 0. The molecule has 1 atom stereocenters. The van der Waals surface area contributed by atoms with Gasteiger partial charge in [0, 0.05) is 25.9 Å². The normalized spacial score (nSPS) is 18.9. The quantitative estimate of drug-likeness (QED) is 0.311. The van der Waals surface area contributed by atoms with E-state index in [0.29, 0.717) is 36.6 Å². The Morgan fingerprint density at radius 3 is 2.36 bits per heavy atom. The summed E-state index contributed by atoms with van der Waals surface area (Å²) in [7, 11) is 1.54. The van der Waals surface area contributed by atoms with E-state index >= 15 is 0 Å². The van der Waals surface area contributed by atoms with E-state index < -0.39 is 0 Å². The number of amidine groups is 1. The first kappa shape index (κ1) is 19.0. The van der Waals surface area contributed by atoms with Gasteiger partial charge in [-0.05, 0) is 24.0 Å². The van der Waals surface area contributed by atoms with Crippen LogP contribution in [0.4, 0.5) is 0 Å². The van der Waals surface area contributed by atoms with E-state index in [1.807, 2.05) is 0 Å². The van der Waals surface area contributed by atoms with Gasteiger partial charge in [0.15, 0.2) is 0 Å². The molecule has 1 saturated heterocycles. The molecule has 1 heterocycles. The van der Waals surface area contributed by atoms with Crippen molar-refractivity contribution in [3.8, 4) is 0 Å². The molecule has 0 aromatic heterocycles. The fourth-order valence-corrected chi connectivity index (χ4v) is 3.86. The summed E-state index contributed by atoms with van der Waals surface area (Å²) < 4.78 is 0. The van der Waals surface area contributed by atoms with E-state index in [2.05, 4.69) is 33.0 Å². The number of nitrogens with one attached hydrogen (secondary N) is 2. The van der Waals surface area contributed by atoms with Gasteiger partial charge in [-0.2, -0.15) is 0 Å².